The van der Waals surface area contributed by atoms with Crippen LogP contribution in [0.3, 0.4) is 0 Å². The molecule has 0 bridgehead atoms. The number of ether oxygens (including phenoxy) is 2. The molecule has 0 atom stereocenters. The maximum Gasteiger partial charge on any atom is 0.490 e. The Labute approximate surface area is 236 Å². The van der Waals surface area contributed by atoms with Gasteiger partial charge >= 0.3 is 12.1 Å². The fourth-order valence-corrected chi connectivity index (χ4v) is 4.19. The maximum absolute atomic E-state index is 10.6. The number of rotatable bonds is 10. The van der Waals surface area contributed by atoms with E-state index in [1.165, 1.54) is 27.8 Å². The summed E-state index contributed by atoms with van der Waals surface area (Å²) >= 11 is 0. The van der Waals surface area contributed by atoms with Crippen LogP contribution < -0.4 is 20.1 Å². The second-order valence-corrected chi connectivity index (χ2v) is 9.20. The van der Waals surface area contributed by atoms with Crippen LogP contribution in [0.2, 0.25) is 0 Å². The molecule has 4 aromatic rings. The summed E-state index contributed by atoms with van der Waals surface area (Å²) in [5.41, 5.74) is 7.36. The number of nitrogens with zero attached hydrogens (tertiary/aromatic N) is 1. The number of carbonyl (C=O) groups is 1. The van der Waals surface area contributed by atoms with Crippen LogP contribution in [0.5, 0.6) is 11.5 Å². The van der Waals surface area contributed by atoms with Crippen LogP contribution >= 0.6 is 0 Å². The summed E-state index contributed by atoms with van der Waals surface area (Å²) in [6, 6.07) is 29.5. The number of carboxylic acids is 1. The molecule has 0 spiro atoms. The summed E-state index contributed by atoms with van der Waals surface area (Å²) in [4.78, 5) is 13.3. The van der Waals surface area contributed by atoms with E-state index in [-0.39, 0.29) is 0 Å². The van der Waals surface area contributed by atoms with Gasteiger partial charge < -0.3 is 25.2 Å². The van der Waals surface area contributed by atoms with E-state index >= 15 is 0 Å². The van der Waals surface area contributed by atoms with Gasteiger partial charge in [-0.15, -0.1) is 0 Å². The van der Waals surface area contributed by atoms with Crippen molar-refractivity contribution in [3.63, 3.8) is 0 Å². The molecule has 3 N–H and O–H groups in total. The van der Waals surface area contributed by atoms with Crippen LogP contribution in [-0.4, -0.2) is 35.6 Å². The summed E-state index contributed by atoms with van der Waals surface area (Å²) in [5.74, 6) is -1.11. The van der Waals surface area contributed by atoms with Crippen LogP contribution in [0.4, 0.5) is 13.2 Å². The van der Waals surface area contributed by atoms with Gasteiger partial charge in [0.25, 0.3) is 0 Å². The second-order valence-electron chi connectivity index (χ2n) is 9.20. The molecule has 1 aromatic heterocycles. The number of hydrogen-bond donors (Lipinski definition) is 3. The molecule has 10 heteroatoms. The SMILES string of the molecule is O=C(O)C(F)(F)F.c1ccc(CCNCc2cccc(-c3ccccc3CNCc3ccc4c(c3)OCO4)c2)nc1. The third-order valence-electron chi connectivity index (χ3n) is 6.19. The molecule has 7 nitrogen and oxygen atoms in total. The van der Waals surface area contributed by atoms with E-state index in [0.29, 0.717) is 6.79 Å². The number of halogens is 3. The molecule has 0 fully saturated rings. The van der Waals surface area contributed by atoms with E-state index in [1.54, 1.807) is 0 Å². The Balaban J connectivity index is 0.000000493. The quantitative estimate of drug-likeness (QED) is 0.212. The number of carboxylic acid groups (broad SMARTS) is 1. The van der Waals surface area contributed by atoms with Crippen LogP contribution in [0.1, 0.15) is 22.4 Å². The molecule has 0 aliphatic carbocycles. The number of aromatic nitrogens is 1. The lowest BCUT2D eigenvalue weighted by atomic mass is 9.98. The fourth-order valence-electron chi connectivity index (χ4n) is 4.19. The van der Waals surface area contributed by atoms with E-state index in [9.17, 15) is 13.2 Å². The Hall–Kier alpha value is -4.41. The molecule has 41 heavy (non-hydrogen) atoms. The van der Waals surface area contributed by atoms with Crippen molar-refractivity contribution in [3.05, 3.63) is 114 Å². The molecule has 2 heterocycles. The highest BCUT2D eigenvalue weighted by Crippen LogP contribution is 2.32. The summed E-state index contributed by atoms with van der Waals surface area (Å²) < 4.78 is 42.6. The average Bonchev–Trinajstić information content (AvgIpc) is 3.44. The number of benzene rings is 3. The largest absolute Gasteiger partial charge is 0.490 e. The highest BCUT2D eigenvalue weighted by Gasteiger charge is 2.38. The molecule has 0 radical (unpaired) electrons. The normalized spacial score (nSPS) is 12.0. The van der Waals surface area contributed by atoms with Crippen LogP contribution in [0.15, 0.2) is 91.1 Å². The Morgan fingerprint density at radius 2 is 1.56 bits per heavy atom. The monoisotopic (exact) mass is 565 g/mol. The van der Waals surface area contributed by atoms with Crippen molar-refractivity contribution < 1.29 is 32.5 Å². The minimum atomic E-state index is -5.08. The molecule has 5 rings (SSSR count). The van der Waals surface area contributed by atoms with Crippen molar-refractivity contribution in [2.24, 2.45) is 0 Å². The van der Waals surface area contributed by atoms with Gasteiger partial charge in [-0.25, -0.2) is 4.79 Å². The number of fused-ring (bicyclic) bond motifs is 1. The predicted molar refractivity (Wildman–Crippen MR) is 148 cm³/mol. The highest BCUT2D eigenvalue weighted by molar-refractivity contribution is 5.73. The Morgan fingerprint density at radius 1 is 0.829 bits per heavy atom. The van der Waals surface area contributed by atoms with E-state index in [1.807, 2.05) is 30.5 Å². The molecule has 0 unspecified atom stereocenters. The number of nitrogens with one attached hydrogen (secondary N) is 2. The minimum absolute atomic E-state index is 0.304. The number of hydrogen-bond acceptors (Lipinski definition) is 6. The first-order valence-corrected chi connectivity index (χ1v) is 13.0. The zero-order chi connectivity index (χ0) is 29.1. The van der Waals surface area contributed by atoms with Crippen molar-refractivity contribution in [2.45, 2.75) is 32.2 Å². The summed E-state index contributed by atoms with van der Waals surface area (Å²) in [7, 11) is 0. The topological polar surface area (TPSA) is 92.7 Å². The molecule has 0 amide bonds. The zero-order valence-electron chi connectivity index (χ0n) is 22.2. The molecule has 1 aliphatic heterocycles. The fraction of sp³-hybridized carbons (Fsp3) is 0.226. The van der Waals surface area contributed by atoms with Crippen LogP contribution in [0, 0.1) is 0 Å². The summed E-state index contributed by atoms with van der Waals surface area (Å²) in [6.45, 7) is 3.60. The number of alkyl halides is 3. The molecule has 3 aromatic carbocycles. The van der Waals surface area contributed by atoms with Crippen molar-refractivity contribution in [3.8, 4) is 22.6 Å². The van der Waals surface area contributed by atoms with Gasteiger partial charge in [-0.3, -0.25) is 4.98 Å². The predicted octanol–water partition coefficient (Wildman–Crippen LogP) is 5.73. The summed E-state index contributed by atoms with van der Waals surface area (Å²) in [5, 5.41) is 14.2. The van der Waals surface area contributed by atoms with Gasteiger partial charge in [0, 0.05) is 44.5 Å². The molecule has 1 aliphatic rings. The van der Waals surface area contributed by atoms with Crippen molar-refractivity contribution >= 4 is 5.97 Å². The van der Waals surface area contributed by atoms with Crippen molar-refractivity contribution in [1.82, 2.24) is 15.6 Å². The third-order valence-corrected chi connectivity index (χ3v) is 6.19. The zero-order valence-corrected chi connectivity index (χ0v) is 22.2. The minimum Gasteiger partial charge on any atom is -0.475 e. The van der Waals surface area contributed by atoms with Crippen LogP contribution in [-0.2, 0) is 30.8 Å². The summed E-state index contributed by atoms with van der Waals surface area (Å²) in [6.07, 6.45) is -2.31. The van der Waals surface area contributed by atoms with E-state index in [0.717, 1.165) is 49.8 Å². The van der Waals surface area contributed by atoms with Gasteiger partial charge in [0.05, 0.1) is 0 Å². The molecule has 214 valence electrons. The first kappa shape index (κ1) is 29.6. The Kier molecular flexibility index (Phi) is 10.3. The lowest BCUT2D eigenvalue weighted by Gasteiger charge is -2.13. The smallest absolute Gasteiger partial charge is 0.475 e. The van der Waals surface area contributed by atoms with Gasteiger partial charge in [0.15, 0.2) is 11.5 Å². The lowest BCUT2D eigenvalue weighted by Crippen LogP contribution is -2.21. The van der Waals surface area contributed by atoms with Crippen LogP contribution in [0.25, 0.3) is 11.1 Å². The highest BCUT2D eigenvalue weighted by atomic mass is 19.4. The van der Waals surface area contributed by atoms with E-state index < -0.39 is 12.1 Å². The maximum atomic E-state index is 10.6. The standard InChI is InChI=1S/C29H29N3O2.C2HF3O2/c1-2-10-27(25(7-1)20-31-19-23-11-12-28-29(17-23)34-21-33-28)24-8-5-6-22(16-24)18-30-15-13-26-9-3-4-14-32-26;3-2(4,5)1(6)7/h1-12,14,16-17,30-31H,13,15,18-21H2;(H,6,7). The van der Waals surface area contributed by atoms with Gasteiger partial charge in [-0.05, 0) is 58.1 Å². The number of aliphatic carboxylic acids is 1. The van der Waals surface area contributed by atoms with E-state index in [2.05, 4.69) is 76.3 Å². The lowest BCUT2D eigenvalue weighted by molar-refractivity contribution is -0.192. The first-order chi connectivity index (χ1) is 19.8. The average molecular weight is 566 g/mol. The molecular formula is C31H30F3N3O4. The Bertz CT molecular complexity index is 1430. The molecule has 0 saturated heterocycles. The van der Waals surface area contributed by atoms with Gasteiger partial charge in [0.2, 0.25) is 6.79 Å². The van der Waals surface area contributed by atoms with Crippen molar-refractivity contribution in [1.29, 1.82) is 0 Å². The van der Waals surface area contributed by atoms with E-state index in [4.69, 9.17) is 19.4 Å². The third kappa shape index (κ3) is 9.06. The molecule has 0 saturated carbocycles. The number of pyridine rings is 1. The second kappa shape index (κ2) is 14.3. The van der Waals surface area contributed by atoms with Crippen molar-refractivity contribution in [2.75, 3.05) is 13.3 Å². The molecular weight excluding hydrogens is 535 g/mol. The Morgan fingerprint density at radius 3 is 2.34 bits per heavy atom. The van der Waals surface area contributed by atoms with Gasteiger partial charge in [-0.2, -0.15) is 13.2 Å². The van der Waals surface area contributed by atoms with Gasteiger partial charge in [-0.1, -0.05) is 54.6 Å². The van der Waals surface area contributed by atoms with Gasteiger partial charge in [0.1, 0.15) is 0 Å². The first-order valence-electron chi connectivity index (χ1n) is 13.0.